The molecule has 1 aliphatic rings. The zero-order valence-corrected chi connectivity index (χ0v) is 9.61. The first-order valence-electron chi connectivity index (χ1n) is 4.94. The predicted octanol–water partition coefficient (Wildman–Crippen LogP) is 3.57. The Hall–Kier alpha value is -0.690. The van der Waals surface area contributed by atoms with Crippen LogP contribution in [0.4, 0.5) is 0 Å². The minimum Gasteiger partial charge on any atom is -0.491 e. The number of hydrogen-bond donors (Lipinski definition) is 0. The van der Waals surface area contributed by atoms with E-state index in [2.05, 4.69) is 26.8 Å². The third kappa shape index (κ3) is 1.61. The van der Waals surface area contributed by atoms with Gasteiger partial charge in [0.1, 0.15) is 5.75 Å². The summed E-state index contributed by atoms with van der Waals surface area (Å²) in [6, 6.07) is 4.24. The monoisotopic (exact) mass is 210 g/mol. The largest absolute Gasteiger partial charge is 0.491 e. The number of ether oxygens (including phenoxy) is 1. The van der Waals surface area contributed by atoms with E-state index in [0.29, 0.717) is 0 Å². The molecule has 0 fully saturated rings. The summed E-state index contributed by atoms with van der Waals surface area (Å²) in [5, 5.41) is 0.755. The fraction of sp³-hybridized carbons (Fsp3) is 0.500. The fourth-order valence-corrected chi connectivity index (χ4v) is 1.99. The van der Waals surface area contributed by atoms with Crippen molar-refractivity contribution in [3.63, 3.8) is 0 Å². The molecule has 0 unspecified atom stereocenters. The maximum atomic E-state index is 6.16. The minimum absolute atomic E-state index is 0.154. The Bertz CT molecular complexity index is 363. The average molecular weight is 211 g/mol. The van der Waals surface area contributed by atoms with Crippen LogP contribution in [0.3, 0.4) is 0 Å². The Morgan fingerprint density at radius 3 is 2.64 bits per heavy atom. The van der Waals surface area contributed by atoms with Crippen molar-refractivity contribution in [1.29, 1.82) is 0 Å². The molecule has 1 aliphatic heterocycles. The van der Waals surface area contributed by atoms with E-state index < -0.39 is 0 Å². The number of rotatable bonds is 0. The van der Waals surface area contributed by atoms with Crippen LogP contribution in [0.15, 0.2) is 12.1 Å². The molecule has 1 heterocycles. The second kappa shape index (κ2) is 3.16. The third-order valence-electron chi connectivity index (χ3n) is 2.60. The first kappa shape index (κ1) is 9.85. The van der Waals surface area contributed by atoms with Gasteiger partial charge in [-0.25, -0.2) is 0 Å². The molecule has 0 aliphatic carbocycles. The van der Waals surface area contributed by atoms with Crippen LogP contribution in [0.2, 0.25) is 5.02 Å². The number of fused-ring (bicyclic) bond motifs is 1. The molecule has 0 aromatic heterocycles. The number of halogens is 1. The minimum atomic E-state index is 0.154. The lowest BCUT2D eigenvalue weighted by molar-refractivity contribution is 0.357. The van der Waals surface area contributed by atoms with E-state index in [1.807, 2.05) is 6.07 Å². The summed E-state index contributed by atoms with van der Waals surface area (Å²) >= 11 is 6.16. The zero-order valence-electron chi connectivity index (χ0n) is 8.86. The van der Waals surface area contributed by atoms with E-state index in [9.17, 15) is 0 Å². The molecule has 0 saturated carbocycles. The molecular formula is C12H15ClO. The van der Waals surface area contributed by atoms with E-state index >= 15 is 0 Å². The van der Waals surface area contributed by atoms with Crippen molar-refractivity contribution in [2.75, 3.05) is 6.61 Å². The Balaban J connectivity index is 2.52. The van der Waals surface area contributed by atoms with Gasteiger partial charge >= 0.3 is 0 Å². The molecule has 0 N–H and O–H groups in total. The molecule has 0 spiro atoms. The van der Waals surface area contributed by atoms with E-state index in [1.165, 1.54) is 11.1 Å². The first-order chi connectivity index (χ1) is 6.48. The van der Waals surface area contributed by atoms with E-state index in [0.717, 1.165) is 23.8 Å². The highest BCUT2D eigenvalue weighted by Crippen LogP contribution is 2.37. The second-order valence-electron chi connectivity index (χ2n) is 4.79. The summed E-state index contributed by atoms with van der Waals surface area (Å²) in [5.74, 6) is 0.889. The van der Waals surface area contributed by atoms with Crippen LogP contribution >= 0.6 is 11.6 Å². The molecule has 0 amide bonds. The molecular weight excluding hydrogens is 196 g/mol. The van der Waals surface area contributed by atoms with Crippen LogP contribution < -0.4 is 4.74 Å². The standard InChI is InChI=1S/C12H15ClO/c1-12(2,3)9-6-8-4-5-14-11(8)10(13)7-9/h6-7H,4-5H2,1-3H3. The Morgan fingerprint density at radius 1 is 1.29 bits per heavy atom. The summed E-state index contributed by atoms with van der Waals surface area (Å²) in [4.78, 5) is 0. The van der Waals surface area contributed by atoms with Crippen LogP contribution in [-0.4, -0.2) is 6.61 Å². The fourth-order valence-electron chi connectivity index (χ4n) is 1.69. The van der Waals surface area contributed by atoms with Gasteiger partial charge in [0.15, 0.2) is 0 Å². The van der Waals surface area contributed by atoms with Gasteiger partial charge in [-0.15, -0.1) is 0 Å². The van der Waals surface area contributed by atoms with Crippen molar-refractivity contribution in [3.8, 4) is 5.75 Å². The van der Waals surface area contributed by atoms with Gasteiger partial charge in [-0.05, 0) is 22.6 Å². The van der Waals surface area contributed by atoms with E-state index in [-0.39, 0.29) is 5.41 Å². The lowest BCUT2D eigenvalue weighted by atomic mass is 9.86. The van der Waals surface area contributed by atoms with Gasteiger partial charge in [-0.3, -0.25) is 0 Å². The quantitative estimate of drug-likeness (QED) is 0.636. The molecule has 0 atom stereocenters. The van der Waals surface area contributed by atoms with Crippen LogP contribution in [-0.2, 0) is 11.8 Å². The molecule has 1 aromatic carbocycles. The molecule has 2 heteroatoms. The third-order valence-corrected chi connectivity index (χ3v) is 2.89. The van der Waals surface area contributed by atoms with Gasteiger partial charge in [0.2, 0.25) is 0 Å². The van der Waals surface area contributed by atoms with Crippen LogP contribution in [0.5, 0.6) is 5.75 Å². The topological polar surface area (TPSA) is 9.23 Å². The molecule has 14 heavy (non-hydrogen) atoms. The SMILES string of the molecule is CC(C)(C)c1cc(Cl)c2c(c1)CCO2. The zero-order chi connectivity index (χ0) is 10.3. The van der Waals surface area contributed by atoms with Crippen molar-refractivity contribution in [3.05, 3.63) is 28.3 Å². The van der Waals surface area contributed by atoms with Gasteiger partial charge in [0, 0.05) is 6.42 Å². The average Bonchev–Trinajstić information content (AvgIpc) is 2.50. The van der Waals surface area contributed by atoms with Crippen LogP contribution in [0.25, 0.3) is 0 Å². The van der Waals surface area contributed by atoms with Gasteiger partial charge in [-0.1, -0.05) is 38.4 Å². The van der Waals surface area contributed by atoms with Crippen LogP contribution in [0.1, 0.15) is 31.9 Å². The molecule has 1 nitrogen and oxygen atoms in total. The molecule has 1 aromatic rings. The summed E-state index contributed by atoms with van der Waals surface area (Å²) in [5.41, 5.74) is 2.69. The molecule has 0 bridgehead atoms. The number of hydrogen-bond acceptors (Lipinski definition) is 1. The van der Waals surface area contributed by atoms with E-state index in [4.69, 9.17) is 16.3 Å². The second-order valence-corrected chi connectivity index (χ2v) is 5.20. The molecule has 76 valence electrons. The highest BCUT2D eigenvalue weighted by molar-refractivity contribution is 6.32. The summed E-state index contributed by atoms with van der Waals surface area (Å²) in [6.45, 7) is 7.35. The smallest absolute Gasteiger partial charge is 0.141 e. The maximum Gasteiger partial charge on any atom is 0.141 e. The van der Waals surface area contributed by atoms with Crippen molar-refractivity contribution in [1.82, 2.24) is 0 Å². The van der Waals surface area contributed by atoms with Crippen molar-refractivity contribution in [2.45, 2.75) is 32.6 Å². The van der Waals surface area contributed by atoms with Crippen LogP contribution in [0, 0.1) is 0 Å². The Kier molecular flexibility index (Phi) is 2.23. The summed E-state index contributed by atoms with van der Waals surface area (Å²) in [6.07, 6.45) is 0.985. The lowest BCUT2D eigenvalue weighted by Crippen LogP contribution is -2.11. The highest BCUT2D eigenvalue weighted by Gasteiger charge is 2.21. The molecule has 2 rings (SSSR count). The summed E-state index contributed by atoms with van der Waals surface area (Å²) < 4.78 is 5.46. The Labute approximate surface area is 90.0 Å². The lowest BCUT2D eigenvalue weighted by Gasteiger charge is -2.20. The normalized spacial score (nSPS) is 15.1. The van der Waals surface area contributed by atoms with Crippen molar-refractivity contribution < 1.29 is 4.74 Å². The number of benzene rings is 1. The maximum absolute atomic E-state index is 6.16. The first-order valence-corrected chi connectivity index (χ1v) is 5.32. The van der Waals surface area contributed by atoms with Gasteiger partial charge in [0.25, 0.3) is 0 Å². The van der Waals surface area contributed by atoms with Gasteiger partial charge < -0.3 is 4.74 Å². The van der Waals surface area contributed by atoms with E-state index in [1.54, 1.807) is 0 Å². The van der Waals surface area contributed by atoms with Crippen molar-refractivity contribution >= 4 is 11.6 Å². The molecule has 0 saturated heterocycles. The van der Waals surface area contributed by atoms with Crippen molar-refractivity contribution in [2.24, 2.45) is 0 Å². The van der Waals surface area contributed by atoms with Gasteiger partial charge in [0.05, 0.1) is 11.6 Å². The summed E-state index contributed by atoms with van der Waals surface area (Å²) in [7, 11) is 0. The predicted molar refractivity (Wildman–Crippen MR) is 59.4 cm³/mol. The Morgan fingerprint density at radius 2 is 2.00 bits per heavy atom. The van der Waals surface area contributed by atoms with Gasteiger partial charge in [-0.2, -0.15) is 0 Å². The molecule has 0 radical (unpaired) electrons. The highest BCUT2D eigenvalue weighted by atomic mass is 35.5.